The van der Waals surface area contributed by atoms with Crippen LogP contribution in [0.5, 0.6) is 0 Å². The summed E-state index contributed by atoms with van der Waals surface area (Å²) in [4.78, 5) is 0. The first-order chi connectivity index (χ1) is 6.20. The fourth-order valence-corrected chi connectivity index (χ4v) is 1.32. The van der Waals surface area contributed by atoms with Gasteiger partial charge >= 0.3 is 0 Å². The number of nitrogens with zero attached hydrogens (tertiary/aromatic N) is 1. The molecule has 0 saturated carbocycles. The van der Waals surface area contributed by atoms with Crippen molar-refractivity contribution in [3.05, 3.63) is 53.9 Å². The first-order valence-corrected chi connectivity index (χ1v) is 4.22. The molecule has 0 spiro atoms. The average Bonchev–Trinajstić information content (AvgIpc) is 2.16. The van der Waals surface area contributed by atoms with Crippen LogP contribution in [-0.4, -0.2) is 0 Å². The van der Waals surface area contributed by atoms with E-state index in [1.807, 2.05) is 6.07 Å². The van der Waals surface area contributed by atoms with Crippen molar-refractivity contribution in [3.63, 3.8) is 0 Å². The van der Waals surface area contributed by atoms with E-state index >= 15 is 0 Å². The molecule has 2 heteroatoms. The maximum absolute atomic E-state index is 8.85. The maximum Gasteiger partial charge on any atom is 0.101 e. The van der Waals surface area contributed by atoms with Crippen molar-refractivity contribution in [2.75, 3.05) is 0 Å². The lowest BCUT2D eigenvalue weighted by atomic mass is 9.96. The SMILES string of the molecule is [CH2]C(C=C)c1cccc(Cl)c1C#N. The second kappa shape index (κ2) is 4.11. The van der Waals surface area contributed by atoms with E-state index in [4.69, 9.17) is 16.9 Å². The molecule has 1 aromatic rings. The Kier molecular flexibility index (Phi) is 3.11. The molecule has 1 aromatic carbocycles. The van der Waals surface area contributed by atoms with E-state index < -0.39 is 0 Å². The van der Waals surface area contributed by atoms with Gasteiger partial charge in [0.15, 0.2) is 0 Å². The molecule has 65 valence electrons. The lowest BCUT2D eigenvalue weighted by Crippen LogP contribution is -1.94. The summed E-state index contributed by atoms with van der Waals surface area (Å²) in [7, 11) is 0. The second-order valence-electron chi connectivity index (χ2n) is 2.66. The van der Waals surface area contributed by atoms with E-state index in [-0.39, 0.29) is 5.92 Å². The van der Waals surface area contributed by atoms with E-state index in [1.165, 1.54) is 0 Å². The van der Waals surface area contributed by atoms with Crippen LogP contribution in [0.4, 0.5) is 0 Å². The molecule has 0 amide bonds. The van der Waals surface area contributed by atoms with E-state index in [1.54, 1.807) is 18.2 Å². The largest absolute Gasteiger partial charge is 0.192 e. The third kappa shape index (κ3) is 1.91. The molecule has 0 fully saturated rings. The van der Waals surface area contributed by atoms with Gasteiger partial charge in [0.1, 0.15) is 6.07 Å². The second-order valence-corrected chi connectivity index (χ2v) is 3.07. The highest BCUT2D eigenvalue weighted by Crippen LogP contribution is 2.25. The van der Waals surface area contributed by atoms with Crippen molar-refractivity contribution in [1.29, 1.82) is 5.26 Å². The predicted octanol–water partition coefficient (Wildman–Crippen LogP) is 3.32. The Labute approximate surface area is 83.3 Å². The first-order valence-electron chi connectivity index (χ1n) is 3.85. The van der Waals surface area contributed by atoms with Gasteiger partial charge in [-0.2, -0.15) is 5.26 Å². The zero-order valence-corrected chi connectivity index (χ0v) is 7.88. The van der Waals surface area contributed by atoms with Gasteiger partial charge in [0.2, 0.25) is 0 Å². The van der Waals surface area contributed by atoms with Gasteiger partial charge in [-0.05, 0) is 18.6 Å². The van der Waals surface area contributed by atoms with E-state index in [0.29, 0.717) is 10.6 Å². The van der Waals surface area contributed by atoms with Gasteiger partial charge in [-0.1, -0.05) is 29.8 Å². The predicted molar refractivity (Wildman–Crippen MR) is 54.5 cm³/mol. The summed E-state index contributed by atoms with van der Waals surface area (Å²) in [5, 5.41) is 9.32. The van der Waals surface area contributed by atoms with Crippen molar-refractivity contribution in [1.82, 2.24) is 0 Å². The summed E-state index contributed by atoms with van der Waals surface area (Å²) >= 11 is 5.85. The monoisotopic (exact) mass is 190 g/mol. The molecule has 0 N–H and O–H groups in total. The van der Waals surface area contributed by atoms with Crippen LogP contribution in [0.3, 0.4) is 0 Å². The van der Waals surface area contributed by atoms with Crippen molar-refractivity contribution in [3.8, 4) is 6.07 Å². The van der Waals surface area contributed by atoms with Crippen molar-refractivity contribution in [2.24, 2.45) is 0 Å². The molecule has 0 aliphatic carbocycles. The van der Waals surface area contributed by atoms with E-state index in [9.17, 15) is 0 Å². The average molecular weight is 191 g/mol. The van der Waals surface area contributed by atoms with Crippen LogP contribution in [-0.2, 0) is 0 Å². The van der Waals surface area contributed by atoms with Crippen molar-refractivity contribution < 1.29 is 0 Å². The van der Waals surface area contributed by atoms with Crippen LogP contribution in [0.2, 0.25) is 5.02 Å². The lowest BCUT2D eigenvalue weighted by molar-refractivity contribution is 1.07. The van der Waals surface area contributed by atoms with E-state index in [2.05, 4.69) is 19.6 Å². The zero-order valence-electron chi connectivity index (χ0n) is 7.13. The normalized spacial score (nSPS) is 11.8. The number of halogens is 1. The molecule has 0 bridgehead atoms. The number of hydrogen-bond acceptors (Lipinski definition) is 1. The highest BCUT2D eigenvalue weighted by molar-refractivity contribution is 6.31. The minimum atomic E-state index is -0.0895. The highest BCUT2D eigenvalue weighted by atomic mass is 35.5. The number of rotatable bonds is 2. The molecule has 1 radical (unpaired) electrons. The molecule has 0 aliphatic heterocycles. The van der Waals surface area contributed by atoms with Gasteiger partial charge in [0, 0.05) is 5.92 Å². The maximum atomic E-state index is 8.85. The van der Waals surface area contributed by atoms with Crippen LogP contribution in [0, 0.1) is 18.3 Å². The van der Waals surface area contributed by atoms with Gasteiger partial charge in [-0.25, -0.2) is 0 Å². The lowest BCUT2D eigenvalue weighted by Gasteiger charge is -2.08. The van der Waals surface area contributed by atoms with Crippen LogP contribution in [0.25, 0.3) is 0 Å². The minimum absolute atomic E-state index is 0.0895. The standard InChI is InChI=1S/C11H9ClN/c1-3-8(2)9-5-4-6-11(12)10(9)7-13/h3-6,8H,1-2H2. The molecule has 1 nitrogen and oxygen atoms in total. The Hall–Kier alpha value is -1.26. The van der Waals surface area contributed by atoms with Crippen LogP contribution in [0.15, 0.2) is 30.9 Å². The molecule has 13 heavy (non-hydrogen) atoms. The van der Waals surface area contributed by atoms with Crippen LogP contribution >= 0.6 is 11.6 Å². The van der Waals surface area contributed by atoms with Crippen molar-refractivity contribution in [2.45, 2.75) is 5.92 Å². The fraction of sp³-hybridized carbons (Fsp3) is 0.0909. The number of benzene rings is 1. The Morgan fingerprint density at radius 1 is 1.54 bits per heavy atom. The molecule has 1 atom stereocenters. The summed E-state index contributed by atoms with van der Waals surface area (Å²) < 4.78 is 0. The summed E-state index contributed by atoms with van der Waals surface area (Å²) in [6.45, 7) is 7.48. The molecule has 0 heterocycles. The number of hydrogen-bond donors (Lipinski definition) is 0. The quantitative estimate of drug-likeness (QED) is 0.657. The Morgan fingerprint density at radius 3 is 2.77 bits per heavy atom. The summed E-state index contributed by atoms with van der Waals surface area (Å²) in [5.74, 6) is -0.0895. The van der Waals surface area contributed by atoms with Gasteiger partial charge in [0.05, 0.1) is 10.6 Å². The molecule has 0 saturated heterocycles. The molecule has 0 aliphatic rings. The van der Waals surface area contributed by atoms with Crippen molar-refractivity contribution >= 4 is 11.6 Å². The van der Waals surface area contributed by atoms with Crippen LogP contribution < -0.4 is 0 Å². The third-order valence-electron chi connectivity index (χ3n) is 1.84. The number of nitriles is 1. The zero-order chi connectivity index (χ0) is 9.84. The number of allylic oxidation sites excluding steroid dienone is 1. The Balaban J connectivity index is 3.29. The minimum Gasteiger partial charge on any atom is -0.192 e. The summed E-state index contributed by atoms with van der Waals surface area (Å²) in [5.41, 5.74) is 1.31. The molecule has 1 rings (SSSR count). The summed E-state index contributed by atoms with van der Waals surface area (Å²) in [6.07, 6.45) is 1.69. The van der Waals surface area contributed by atoms with Gasteiger partial charge in [-0.3, -0.25) is 0 Å². The summed E-state index contributed by atoms with van der Waals surface area (Å²) in [6, 6.07) is 7.40. The van der Waals surface area contributed by atoms with Gasteiger partial charge < -0.3 is 0 Å². The fourth-order valence-electron chi connectivity index (χ4n) is 1.09. The molecule has 1 unspecified atom stereocenters. The Bertz CT molecular complexity index is 363. The van der Waals surface area contributed by atoms with Gasteiger partial charge in [0.25, 0.3) is 0 Å². The third-order valence-corrected chi connectivity index (χ3v) is 2.16. The van der Waals surface area contributed by atoms with Crippen LogP contribution in [0.1, 0.15) is 17.0 Å². The van der Waals surface area contributed by atoms with Gasteiger partial charge in [-0.15, -0.1) is 6.58 Å². The molecular formula is C11H9ClN. The van der Waals surface area contributed by atoms with E-state index in [0.717, 1.165) is 5.56 Å². The Morgan fingerprint density at radius 2 is 2.23 bits per heavy atom. The highest BCUT2D eigenvalue weighted by Gasteiger charge is 2.09. The smallest absolute Gasteiger partial charge is 0.101 e. The molecular weight excluding hydrogens is 182 g/mol. The molecule has 0 aromatic heterocycles. The first kappa shape index (κ1) is 9.83. The topological polar surface area (TPSA) is 23.8 Å².